The molecule has 3 rings (SSSR count). The van der Waals surface area contributed by atoms with Crippen molar-refractivity contribution >= 4 is 23.4 Å². The van der Waals surface area contributed by atoms with Crippen LogP contribution in [0.1, 0.15) is 27.4 Å². The van der Waals surface area contributed by atoms with Crippen molar-refractivity contribution in [2.45, 2.75) is 23.7 Å². The highest BCUT2D eigenvalue weighted by atomic mass is 32.2. The number of non-ortho nitro benzene ring substituents is 1. The van der Waals surface area contributed by atoms with Crippen LogP contribution >= 0.6 is 11.8 Å². The molecule has 0 aliphatic carbocycles. The number of nitrogens with one attached hydrogen (secondary N) is 1. The lowest BCUT2D eigenvalue weighted by molar-refractivity contribution is -0.384. The lowest BCUT2D eigenvalue weighted by Gasteiger charge is -2.08. The molecule has 0 radical (unpaired) electrons. The molecule has 156 valence electrons. The molecule has 0 saturated heterocycles. The summed E-state index contributed by atoms with van der Waals surface area (Å²) in [5.74, 6) is -0.304. The number of benzene rings is 2. The third-order valence-corrected chi connectivity index (χ3v) is 4.67. The minimum Gasteiger partial charge on any atom is -0.414 e. The van der Waals surface area contributed by atoms with Gasteiger partial charge < -0.3 is 9.73 Å². The molecule has 2 aromatic carbocycles. The van der Waals surface area contributed by atoms with Crippen molar-refractivity contribution in [1.82, 2.24) is 15.5 Å². The number of rotatable bonds is 7. The fourth-order valence-corrected chi connectivity index (χ4v) is 3.09. The minimum absolute atomic E-state index is 0.0309. The maximum Gasteiger partial charge on any atom is 0.416 e. The van der Waals surface area contributed by atoms with E-state index >= 15 is 0 Å². The number of carbonyl (C=O) groups excluding carboxylic acids is 1. The summed E-state index contributed by atoms with van der Waals surface area (Å²) in [6, 6.07) is 10.1. The fraction of sp³-hybridized carbons (Fsp3) is 0.167. The summed E-state index contributed by atoms with van der Waals surface area (Å²) in [7, 11) is 0. The van der Waals surface area contributed by atoms with E-state index in [0.717, 1.165) is 30.0 Å². The standard InChI is InChI=1S/C18H13F3N4O4S/c19-18(20,21)13-5-2-4-12(8-13)16(26)22-9-15-23-24-17(29-15)30-10-11-3-1-6-14(7-11)25(27)28/h1-8H,9-10H2,(H,22,26). The molecule has 1 heterocycles. The molecule has 0 aliphatic heterocycles. The summed E-state index contributed by atoms with van der Waals surface area (Å²) in [5.41, 5.74) is -0.416. The Morgan fingerprint density at radius 2 is 1.93 bits per heavy atom. The van der Waals surface area contributed by atoms with Gasteiger partial charge in [0.25, 0.3) is 16.8 Å². The van der Waals surface area contributed by atoms with Crippen molar-refractivity contribution in [2.24, 2.45) is 0 Å². The van der Waals surface area contributed by atoms with E-state index in [2.05, 4.69) is 15.5 Å². The van der Waals surface area contributed by atoms with E-state index in [-0.39, 0.29) is 28.9 Å². The molecule has 1 N–H and O–H groups in total. The van der Waals surface area contributed by atoms with Gasteiger partial charge in [-0.2, -0.15) is 13.2 Å². The minimum atomic E-state index is -4.55. The van der Waals surface area contributed by atoms with E-state index < -0.39 is 22.6 Å². The molecule has 30 heavy (non-hydrogen) atoms. The Hall–Kier alpha value is -3.41. The van der Waals surface area contributed by atoms with Gasteiger partial charge in [-0.25, -0.2) is 0 Å². The number of alkyl halides is 3. The number of amides is 1. The van der Waals surface area contributed by atoms with Crippen molar-refractivity contribution in [3.05, 3.63) is 81.2 Å². The van der Waals surface area contributed by atoms with Crippen LogP contribution in [-0.4, -0.2) is 21.0 Å². The predicted octanol–water partition coefficient (Wildman–Crippen LogP) is 4.22. The van der Waals surface area contributed by atoms with Crippen molar-refractivity contribution in [1.29, 1.82) is 0 Å². The van der Waals surface area contributed by atoms with Gasteiger partial charge >= 0.3 is 6.18 Å². The van der Waals surface area contributed by atoms with E-state index in [1.54, 1.807) is 12.1 Å². The van der Waals surface area contributed by atoms with Gasteiger partial charge in [0.1, 0.15) is 0 Å². The van der Waals surface area contributed by atoms with Crippen LogP contribution in [-0.2, 0) is 18.5 Å². The van der Waals surface area contributed by atoms with Crippen LogP contribution < -0.4 is 5.32 Å². The highest BCUT2D eigenvalue weighted by molar-refractivity contribution is 7.98. The number of hydrogen-bond acceptors (Lipinski definition) is 7. The Labute approximate surface area is 171 Å². The monoisotopic (exact) mass is 438 g/mol. The van der Waals surface area contributed by atoms with E-state index in [1.165, 1.54) is 18.2 Å². The van der Waals surface area contributed by atoms with E-state index in [4.69, 9.17) is 4.42 Å². The van der Waals surface area contributed by atoms with Crippen molar-refractivity contribution in [3.63, 3.8) is 0 Å². The Morgan fingerprint density at radius 1 is 1.17 bits per heavy atom. The second kappa shape index (κ2) is 8.95. The number of hydrogen-bond donors (Lipinski definition) is 1. The maximum atomic E-state index is 12.7. The quantitative estimate of drug-likeness (QED) is 0.334. The normalized spacial score (nSPS) is 11.3. The lowest BCUT2D eigenvalue weighted by atomic mass is 10.1. The van der Waals surface area contributed by atoms with Crippen LogP contribution in [0.25, 0.3) is 0 Å². The van der Waals surface area contributed by atoms with E-state index in [9.17, 15) is 28.1 Å². The first-order chi connectivity index (χ1) is 14.2. The van der Waals surface area contributed by atoms with Gasteiger partial charge in [0.05, 0.1) is 17.0 Å². The average Bonchev–Trinajstić information content (AvgIpc) is 3.18. The number of thioether (sulfide) groups is 1. The smallest absolute Gasteiger partial charge is 0.414 e. The molecule has 1 aromatic heterocycles. The van der Waals surface area contributed by atoms with Crippen molar-refractivity contribution < 1.29 is 27.3 Å². The average molecular weight is 438 g/mol. The molecule has 0 bridgehead atoms. The number of nitrogens with zero attached hydrogens (tertiary/aromatic N) is 3. The zero-order chi connectivity index (χ0) is 21.7. The van der Waals surface area contributed by atoms with E-state index in [0.29, 0.717) is 11.3 Å². The molecular weight excluding hydrogens is 425 g/mol. The van der Waals surface area contributed by atoms with Gasteiger partial charge in [0, 0.05) is 23.4 Å². The summed E-state index contributed by atoms with van der Waals surface area (Å²) in [6.45, 7) is -0.167. The van der Waals surface area contributed by atoms with Crippen LogP contribution in [0.4, 0.5) is 18.9 Å². The molecular formula is C18H13F3N4O4S. The summed E-state index contributed by atoms with van der Waals surface area (Å²) in [6.07, 6.45) is -4.55. The Morgan fingerprint density at radius 3 is 2.67 bits per heavy atom. The van der Waals surface area contributed by atoms with Crippen LogP contribution in [0.5, 0.6) is 0 Å². The van der Waals surface area contributed by atoms with Gasteiger partial charge in [-0.15, -0.1) is 10.2 Å². The molecule has 0 spiro atoms. The van der Waals surface area contributed by atoms with Crippen molar-refractivity contribution in [2.75, 3.05) is 0 Å². The second-order valence-corrected chi connectivity index (χ2v) is 6.87. The maximum absolute atomic E-state index is 12.7. The van der Waals surface area contributed by atoms with Crippen LogP contribution in [0.2, 0.25) is 0 Å². The predicted molar refractivity (Wildman–Crippen MR) is 99.6 cm³/mol. The van der Waals surface area contributed by atoms with Crippen LogP contribution in [0.3, 0.4) is 0 Å². The first-order valence-electron chi connectivity index (χ1n) is 8.36. The molecule has 0 saturated carbocycles. The van der Waals surface area contributed by atoms with Crippen LogP contribution in [0, 0.1) is 10.1 Å². The van der Waals surface area contributed by atoms with Gasteiger partial charge in [-0.1, -0.05) is 30.0 Å². The summed E-state index contributed by atoms with van der Waals surface area (Å²) in [5, 5.41) is 20.9. The van der Waals surface area contributed by atoms with Gasteiger partial charge in [-0.3, -0.25) is 14.9 Å². The third-order valence-electron chi connectivity index (χ3n) is 3.78. The molecule has 1 amide bonds. The zero-order valence-corrected chi connectivity index (χ0v) is 15.9. The molecule has 0 fully saturated rings. The van der Waals surface area contributed by atoms with Gasteiger partial charge in [0.15, 0.2) is 0 Å². The molecule has 12 heteroatoms. The number of halogens is 3. The zero-order valence-electron chi connectivity index (χ0n) is 15.0. The van der Waals surface area contributed by atoms with Crippen LogP contribution in [0.15, 0.2) is 58.2 Å². The Kier molecular flexibility index (Phi) is 6.35. The summed E-state index contributed by atoms with van der Waals surface area (Å²) in [4.78, 5) is 22.4. The fourth-order valence-electron chi connectivity index (χ4n) is 2.37. The first kappa shape index (κ1) is 21.3. The first-order valence-corrected chi connectivity index (χ1v) is 9.35. The molecule has 0 unspecified atom stereocenters. The Bertz CT molecular complexity index is 1070. The summed E-state index contributed by atoms with van der Waals surface area (Å²) < 4.78 is 43.6. The van der Waals surface area contributed by atoms with Crippen molar-refractivity contribution in [3.8, 4) is 0 Å². The highest BCUT2D eigenvalue weighted by Gasteiger charge is 2.30. The molecule has 0 atom stereocenters. The number of nitro groups is 1. The number of aromatic nitrogens is 2. The highest BCUT2D eigenvalue weighted by Crippen LogP contribution is 2.29. The number of nitro benzene ring substituents is 1. The lowest BCUT2D eigenvalue weighted by Crippen LogP contribution is -2.23. The Balaban J connectivity index is 1.55. The molecule has 3 aromatic rings. The van der Waals surface area contributed by atoms with E-state index in [1.807, 2.05) is 0 Å². The summed E-state index contributed by atoms with van der Waals surface area (Å²) >= 11 is 1.15. The third kappa shape index (κ3) is 5.56. The van der Waals surface area contributed by atoms with Gasteiger partial charge in [0.2, 0.25) is 5.89 Å². The topological polar surface area (TPSA) is 111 Å². The molecule has 0 aliphatic rings. The largest absolute Gasteiger partial charge is 0.416 e. The number of carbonyl (C=O) groups is 1. The second-order valence-electron chi connectivity index (χ2n) is 5.94. The van der Waals surface area contributed by atoms with Gasteiger partial charge in [-0.05, 0) is 23.8 Å². The SMILES string of the molecule is O=C(NCc1nnc(SCc2cccc([N+](=O)[O-])c2)o1)c1cccc(C(F)(F)F)c1. The molecule has 8 nitrogen and oxygen atoms in total.